The SMILES string of the molecule is Cc1ccc(NC(=O)COC(=O)c2ccc[nH]2)cc1S(=O)(=O)N1CCCCC1. The predicted octanol–water partition coefficient (Wildman–Crippen LogP) is 2.29. The second-order valence-corrected chi connectivity index (χ2v) is 8.56. The summed E-state index contributed by atoms with van der Waals surface area (Å²) in [7, 11) is -3.61. The second kappa shape index (κ2) is 8.57. The summed E-state index contributed by atoms with van der Waals surface area (Å²) in [5.41, 5.74) is 1.20. The van der Waals surface area contributed by atoms with Gasteiger partial charge in [0, 0.05) is 25.0 Å². The molecule has 2 aromatic rings. The molecule has 0 radical (unpaired) electrons. The molecule has 8 nitrogen and oxygen atoms in total. The number of piperidine rings is 1. The molecule has 0 bridgehead atoms. The van der Waals surface area contributed by atoms with Crippen molar-refractivity contribution in [1.82, 2.24) is 9.29 Å². The Labute approximate surface area is 163 Å². The number of carbonyl (C=O) groups is 2. The molecule has 150 valence electrons. The minimum Gasteiger partial charge on any atom is -0.451 e. The minimum absolute atomic E-state index is 0.176. The highest BCUT2D eigenvalue weighted by Crippen LogP contribution is 2.26. The highest BCUT2D eigenvalue weighted by atomic mass is 32.2. The summed E-state index contributed by atoms with van der Waals surface area (Å²) in [5, 5.41) is 2.58. The van der Waals surface area contributed by atoms with Gasteiger partial charge in [0.25, 0.3) is 5.91 Å². The highest BCUT2D eigenvalue weighted by Gasteiger charge is 2.27. The van der Waals surface area contributed by atoms with Crippen LogP contribution in [0.1, 0.15) is 35.3 Å². The van der Waals surface area contributed by atoms with Gasteiger partial charge < -0.3 is 15.0 Å². The second-order valence-electron chi connectivity index (χ2n) is 6.65. The van der Waals surface area contributed by atoms with Crippen molar-refractivity contribution in [1.29, 1.82) is 0 Å². The van der Waals surface area contributed by atoms with Gasteiger partial charge in [-0.05, 0) is 49.6 Å². The smallest absolute Gasteiger partial charge is 0.355 e. The van der Waals surface area contributed by atoms with E-state index >= 15 is 0 Å². The molecule has 2 heterocycles. The molecule has 0 unspecified atom stereocenters. The normalized spacial score (nSPS) is 15.2. The van der Waals surface area contributed by atoms with Crippen molar-refractivity contribution in [2.24, 2.45) is 0 Å². The largest absolute Gasteiger partial charge is 0.451 e. The molecular weight excluding hydrogens is 382 g/mol. The molecule has 0 spiro atoms. The molecule has 2 N–H and O–H groups in total. The fourth-order valence-electron chi connectivity index (χ4n) is 3.06. The van der Waals surface area contributed by atoms with Crippen LogP contribution in [0.5, 0.6) is 0 Å². The number of amides is 1. The van der Waals surface area contributed by atoms with Crippen molar-refractivity contribution in [2.75, 3.05) is 25.0 Å². The fourth-order valence-corrected chi connectivity index (χ4v) is 4.83. The molecule has 0 saturated carbocycles. The lowest BCUT2D eigenvalue weighted by Crippen LogP contribution is -2.36. The van der Waals surface area contributed by atoms with E-state index in [1.54, 1.807) is 31.3 Å². The third kappa shape index (κ3) is 4.60. The lowest BCUT2D eigenvalue weighted by Gasteiger charge is -2.26. The van der Waals surface area contributed by atoms with Crippen LogP contribution in [0.3, 0.4) is 0 Å². The van der Waals surface area contributed by atoms with E-state index in [0.29, 0.717) is 24.3 Å². The molecule has 1 aliphatic heterocycles. The van der Waals surface area contributed by atoms with E-state index in [9.17, 15) is 18.0 Å². The Bertz CT molecular complexity index is 948. The Morgan fingerprint density at radius 3 is 2.61 bits per heavy atom. The molecule has 0 atom stereocenters. The maximum atomic E-state index is 12.9. The Morgan fingerprint density at radius 2 is 1.93 bits per heavy atom. The van der Waals surface area contributed by atoms with Crippen LogP contribution in [0.15, 0.2) is 41.4 Å². The number of benzene rings is 1. The molecule has 1 aromatic heterocycles. The molecule has 1 amide bonds. The van der Waals surface area contributed by atoms with Crippen LogP contribution < -0.4 is 5.32 Å². The van der Waals surface area contributed by atoms with Crippen molar-refractivity contribution in [2.45, 2.75) is 31.1 Å². The van der Waals surface area contributed by atoms with Gasteiger partial charge in [0.2, 0.25) is 10.0 Å². The quantitative estimate of drug-likeness (QED) is 0.717. The Hall–Kier alpha value is -2.65. The predicted molar refractivity (Wildman–Crippen MR) is 103 cm³/mol. The van der Waals surface area contributed by atoms with Gasteiger partial charge in [0.1, 0.15) is 5.69 Å². The first-order valence-corrected chi connectivity index (χ1v) is 10.5. The van der Waals surface area contributed by atoms with Crippen molar-refractivity contribution in [3.63, 3.8) is 0 Å². The van der Waals surface area contributed by atoms with Crippen molar-refractivity contribution >= 4 is 27.6 Å². The zero-order valence-corrected chi connectivity index (χ0v) is 16.4. The van der Waals surface area contributed by atoms with Crippen LogP contribution in [0.25, 0.3) is 0 Å². The number of carbonyl (C=O) groups excluding carboxylic acids is 2. The van der Waals surface area contributed by atoms with Crippen molar-refractivity contribution in [3.05, 3.63) is 47.8 Å². The Balaban J connectivity index is 1.67. The number of nitrogens with zero attached hydrogens (tertiary/aromatic N) is 1. The summed E-state index contributed by atoms with van der Waals surface area (Å²) in [6.07, 6.45) is 4.30. The van der Waals surface area contributed by atoms with E-state index in [1.807, 2.05) is 0 Å². The summed E-state index contributed by atoms with van der Waals surface area (Å²) in [5.74, 6) is -1.19. The van der Waals surface area contributed by atoms with E-state index in [1.165, 1.54) is 16.4 Å². The third-order valence-electron chi connectivity index (χ3n) is 4.56. The van der Waals surface area contributed by atoms with E-state index in [-0.39, 0.29) is 10.6 Å². The van der Waals surface area contributed by atoms with Gasteiger partial charge in [0.05, 0.1) is 4.90 Å². The standard InChI is InChI=1S/C19H23N3O5S/c1-14-7-8-15(12-17(14)28(25,26)22-10-3-2-4-11-22)21-18(23)13-27-19(24)16-6-5-9-20-16/h5-9,12,20H,2-4,10-11,13H2,1H3,(H,21,23). The van der Waals surface area contributed by atoms with Gasteiger partial charge in [-0.1, -0.05) is 12.5 Å². The average molecular weight is 405 g/mol. The first kappa shape index (κ1) is 20.1. The van der Waals surface area contributed by atoms with Gasteiger partial charge in [-0.25, -0.2) is 13.2 Å². The van der Waals surface area contributed by atoms with Crippen LogP contribution in [0.2, 0.25) is 0 Å². The highest BCUT2D eigenvalue weighted by molar-refractivity contribution is 7.89. The van der Waals surface area contributed by atoms with Crippen molar-refractivity contribution < 1.29 is 22.7 Å². The number of ether oxygens (including phenoxy) is 1. The van der Waals surface area contributed by atoms with Crippen LogP contribution in [-0.2, 0) is 19.6 Å². The van der Waals surface area contributed by atoms with E-state index < -0.39 is 28.5 Å². The molecular formula is C19H23N3O5S. The monoisotopic (exact) mass is 405 g/mol. The molecule has 1 fully saturated rings. The molecule has 1 aromatic carbocycles. The number of hydrogen-bond acceptors (Lipinski definition) is 5. The van der Waals surface area contributed by atoms with Gasteiger partial charge >= 0.3 is 5.97 Å². The lowest BCUT2D eigenvalue weighted by atomic mass is 10.2. The molecule has 1 aliphatic rings. The Morgan fingerprint density at radius 1 is 1.18 bits per heavy atom. The molecule has 3 rings (SSSR count). The van der Waals surface area contributed by atoms with Gasteiger partial charge in [-0.2, -0.15) is 4.31 Å². The zero-order chi connectivity index (χ0) is 20.1. The summed E-state index contributed by atoms with van der Waals surface area (Å²) in [4.78, 5) is 26.7. The molecule has 9 heteroatoms. The number of aromatic amines is 1. The van der Waals surface area contributed by atoms with E-state index in [0.717, 1.165) is 19.3 Å². The molecule has 0 aliphatic carbocycles. The van der Waals surface area contributed by atoms with Gasteiger partial charge in [0.15, 0.2) is 6.61 Å². The number of aromatic nitrogens is 1. The van der Waals surface area contributed by atoms with Crippen molar-refractivity contribution in [3.8, 4) is 0 Å². The number of aryl methyl sites for hydroxylation is 1. The van der Waals surface area contributed by atoms with Crippen LogP contribution >= 0.6 is 0 Å². The number of hydrogen-bond donors (Lipinski definition) is 2. The number of rotatable bonds is 6. The first-order valence-electron chi connectivity index (χ1n) is 9.09. The molecule has 28 heavy (non-hydrogen) atoms. The zero-order valence-electron chi connectivity index (χ0n) is 15.6. The van der Waals surface area contributed by atoms with Gasteiger partial charge in [-0.3, -0.25) is 4.79 Å². The van der Waals surface area contributed by atoms with Crippen LogP contribution in [0, 0.1) is 6.92 Å². The number of H-pyrrole nitrogens is 1. The first-order chi connectivity index (χ1) is 13.4. The summed E-state index contributed by atoms with van der Waals surface area (Å²) in [6.45, 7) is 2.26. The lowest BCUT2D eigenvalue weighted by molar-refractivity contribution is -0.119. The summed E-state index contributed by atoms with van der Waals surface area (Å²) < 4.78 is 32.3. The third-order valence-corrected chi connectivity index (χ3v) is 6.60. The summed E-state index contributed by atoms with van der Waals surface area (Å²) in [6, 6.07) is 7.90. The molecule has 1 saturated heterocycles. The number of anilines is 1. The maximum absolute atomic E-state index is 12.9. The van der Waals surface area contributed by atoms with Crippen LogP contribution in [-0.4, -0.2) is 49.3 Å². The minimum atomic E-state index is -3.61. The number of esters is 1. The van der Waals surface area contributed by atoms with Crippen LogP contribution in [0.4, 0.5) is 5.69 Å². The van der Waals surface area contributed by atoms with E-state index in [4.69, 9.17) is 4.74 Å². The Kier molecular flexibility index (Phi) is 6.15. The average Bonchev–Trinajstić information content (AvgIpc) is 3.23. The van der Waals surface area contributed by atoms with E-state index in [2.05, 4.69) is 10.3 Å². The van der Waals surface area contributed by atoms with Gasteiger partial charge in [-0.15, -0.1) is 0 Å². The summed E-state index contributed by atoms with van der Waals surface area (Å²) >= 11 is 0. The fraction of sp³-hybridized carbons (Fsp3) is 0.368. The number of sulfonamides is 1. The topological polar surface area (TPSA) is 109 Å². The number of nitrogens with one attached hydrogen (secondary N) is 2. The maximum Gasteiger partial charge on any atom is 0.355 e.